The minimum atomic E-state index is -0.113. The molecule has 0 aliphatic carbocycles. The third kappa shape index (κ3) is 3.05. The summed E-state index contributed by atoms with van der Waals surface area (Å²) in [6, 6.07) is 13.8. The molecule has 4 nitrogen and oxygen atoms in total. The Morgan fingerprint density at radius 2 is 1.81 bits per heavy atom. The highest BCUT2D eigenvalue weighted by atomic mass is 79.9. The number of fused-ring (bicyclic) bond motifs is 1. The zero-order valence-electron chi connectivity index (χ0n) is 11.5. The van der Waals surface area contributed by atoms with Gasteiger partial charge in [0.05, 0.1) is 19.3 Å². The van der Waals surface area contributed by atoms with Crippen LogP contribution in [-0.4, -0.2) is 13.2 Å². The van der Waals surface area contributed by atoms with Crippen LogP contribution in [0.15, 0.2) is 46.9 Å². The van der Waals surface area contributed by atoms with Crippen molar-refractivity contribution in [2.24, 2.45) is 5.84 Å². The van der Waals surface area contributed by atoms with E-state index in [4.69, 9.17) is 15.3 Å². The van der Waals surface area contributed by atoms with Crippen LogP contribution in [-0.2, 0) is 0 Å². The van der Waals surface area contributed by atoms with E-state index in [9.17, 15) is 0 Å². The third-order valence-corrected chi connectivity index (χ3v) is 4.21. The number of hydrogen-bond acceptors (Lipinski definition) is 4. The maximum absolute atomic E-state index is 5.77. The summed E-state index contributed by atoms with van der Waals surface area (Å²) in [5.41, 5.74) is 4.99. The Balaban J connectivity index is 1.98. The van der Waals surface area contributed by atoms with Gasteiger partial charge in [-0.3, -0.25) is 5.84 Å². The quantitative estimate of drug-likeness (QED) is 0.660. The average Bonchev–Trinajstić information content (AvgIpc) is 2.75. The number of halogens is 1. The summed E-state index contributed by atoms with van der Waals surface area (Å²) in [4.78, 5) is 0. The molecule has 0 fully saturated rings. The van der Waals surface area contributed by atoms with Crippen LogP contribution in [0.3, 0.4) is 0 Å². The lowest BCUT2D eigenvalue weighted by Crippen LogP contribution is -2.29. The Morgan fingerprint density at radius 1 is 1.05 bits per heavy atom. The van der Waals surface area contributed by atoms with Gasteiger partial charge in [-0.05, 0) is 29.3 Å². The van der Waals surface area contributed by atoms with Crippen molar-refractivity contribution < 1.29 is 9.47 Å². The third-order valence-electron chi connectivity index (χ3n) is 3.49. The summed E-state index contributed by atoms with van der Waals surface area (Å²) in [5.74, 6) is 7.34. The van der Waals surface area contributed by atoms with Gasteiger partial charge in [0.1, 0.15) is 0 Å². The summed E-state index contributed by atoms with van der Waals surface area (Å²) in [5, 5.41) is 0. The summed E-state index contributed by atoms with van der Waals surface area (Å²) in [7, 11) is 0. The maximum atomic E-state index is 5.77. The molecule has 0 amide bonds. The van der Waals surface area contributed by atoms with Crippen LogP contribution in [0.4, 0.5) is 0 Å². The molecule has 1 aliphatic heterocycles. The van der Waals surface area contributed by atoms with Crippen LogP contribution in [0.25, 0.3) is 0 Å². The molecule has 0 bridgehead atoms. The largest absolute Gasteiger partial charge is 0.490 e. The van der Waals surface area contributed by atoms with Crippen LogP contribution in [0.5, 0.6) is 11.5 Å². The minimum absolute atomic E-state index is 0.113. The minimum Gasteiger partial charge on any atom is -0.490 e. The molecule has 2 aromatic carbocycles. The van der Waals surface area contributed by atoms with Crippen LogP contribution < -0.4 is 20.7 Å². The molecule has 1 aliphatic rings. The zero-order valence-corrected chi connectivity index (χ0v) is 13.1. The molecule has 1 unspecified atom stereocenters. The van der Waals surface area contributed by atoms with Gasteiger partial charge in [-0.15, -0.1) is 0 Å². The average molecular weight is 349 g/mol. The summed E-state index contributed by atoms with van der Waals surface area (Å²) in [6.45, 7) is 1.36. The van der Waals surface area contributed by atoms with Crippen LogP contribution in [0, 0.1) is 0 Å². The van der Waals surface area contributed by atoms with E-state index in [2.05, 4.69) is 21.4 Å². The molecule has 1 heterocycles. The number of ether oxygens (including phenoxy) is 2. The van der Waals surface area contributed by atoms with Crippen LogP contribution in [0.2, 0.25) is 0 Å². The smallest absolute Gasteiger partial charge is 0.161 e. The van der Waals surface area contributed by atoms with Crippen molar-refractivity contribution in [2.45, 2.75) is 12.5 Å². The van der Waals surface area contributed by atoms with Gasteiger partial charge in [-0.2, -0.15) is 0 Å². The van der Waals surface area contributed by atoms with Gasteiger partial charge in [0, 0.05) is 10.9 Å². The normalized spacial score (nSPS) is 15.3. The van der Waals surface area contributed by atoms with Crippen molar-refractivity contribution in [3.8, 4) is 11.5 Å². The van der Waals surface area contributed by atoms with E-state index in [1.165, 1.54) is 0 Å². The zero-order chi connectivity index (χ0) is 14.7. The van der Waals surface area contributed by atoms with Gasteiger partial charge >= 0.3 is 0 Å². The number of nitrogens with two attached hydrogens (primary N) is 1. The Labute approximate surface area is 132 Å². The highest BCUT2D eigenvalue weighted by molar-refractivity contribution is 9.10. The second kappa shape index (κ2) is 6.47. The lowest BCUT2D eigenvalue weighted by atomic mass is 9.99. The molecule has 0 saturated heterocycles. The van der Waals surface area contributed by atoms with E-state index in [-0.39, 0.29) is 6.04 Å². The highest BCUT2D eigenvalue weighted by Crippen LogP contribution is 2.35. The van der Waals surface area contributed by atoms with Gasteiger partial charge < -0.3 is 9.47 Å². The molecule has 2 aromatic rings. The number of rotatable bonds is 3. The van der Waals surface area contributed by atoms with Crippen molar-refractivity contribution in [2.75, 3.05) is 13.2 Å². The first-order chi connectivity index (χ1) is 10.3. The van der Waals surface area contributed by atoms with E-state index in [0.29, 0.717) is 13.2 Å². The van der Waals surface area contributed by atoms with E-state index in [1.54, 1.807) is 0 Å². The molecule has 110 valence electrons. The van der Waals surface area contributed by atoms with E-state index < -0.39 is 0 Å². The van der Waals surface area contributed by atoms with Gasteiger partial charge in [0.15, 0.2) is 11.5 Å². The van der Waals surface area contributed by atoms with Crippen LogP contribution in [0.1, 0.15) is 23.6 Å². The molecular weight excluding hydrogens is 332 g/mol. The molecule has 0 aromatic heterocycles. The van der Waals surface area contributed by atoms with Crippen molar-refractivity contribution in [1.29, 1.82) is 0 Å². The second-order valence-corrected chi connectivity index (χ2v) is 5.73. The lowest BCUT2D eigenvalue weighted by molar-refractivity contribution is 0.297. The maximum Gasteiger partial charge on any atom is 0.161 e. The molecule has 3 N–H and O–H groups in total. The van der Waals surface area contributed by atoms with Crippen molar-refractivity contribution in [3.63, 3.8) is 0 Å². The Kier molecular flexibility index (Phi) is 4.43. The van der Waals surface area contributed by atoms with Crippen LogP contribution >= 0.6 is 15.9 Å². The fraction of sp³-hybridized carbons (Fsp3) is 0.250. The summed E-state index contributed by atoms with van der Waals surface area (Å²) in [6.07, 6.45) is 0.896. The second-order valence-electron chi connectivity index (χ2n) is 4.88. The Hall–Kier alpha value is -1.56. The lowest BCUT2D eigenvalue weighted by Gasteiger charge is -2.19. The summed E-state index contributed by atoms with van der Waals surface area (Å²) >= 11 is 3.57. The number of hydrogen-bond donors (Lipinski definition) is 2. The first-order valence-corrected chi connectivity index (χ1v) is 7.69. The predicted octanol–water partition coefficient (Wildman–Crippen LogP) is 3.16. The monoisotopic (exact) mass is 348 g/mol. The Bertz CT molecular complexity index is 633. The standard InChI is InChI=1S/C16H17BrN2O2/c17-13-5-2-1-4-12(13)16(19-18)11-6-7-14-15(10-11)21-9-3-8-20-14/h1-2,4-7,10,16,19H,3,8-9,18H2. The number of benzene rings is 2. The van der Waals surface area contributed by atoms with Gasteiger partial charge in [0.25, 0.3) is 0 Å². The summed E-state index contributed by atoms with van der Waals surface area (Å²) < 4.78 is 12.4. The van der Waals surface area contributed by atoms with Crippen molar-refractivity contribution >= 4 is 15.9 Å². The fourth-order valence-corrected chi connectivity index (χ4v) is 2.95. The molecular formula is C16H17BrN2O2. The van der Waals surface area contributed by atoms with Crippen molar-refractivity contribution in [1.82, 2.24) is 5.43 Å². The molecule has 1 atom stereocenters. The number of hydrazine groups is 1. The predicted molar refractivity (Wildman–Crippen MR) is 85.4 cm³/mol. The molecule has 5 heteroatoms. The van der Waals surface area contributed by atoms with Gasteiger partial charge in [0.2, 0.25) is 0 Å². The van der Waals surface area contributed by atoms with E-state index >= 15 is 0 Å². The van der Waals surface area contributed by atoms with Gasteiger partial charge in [-0.1, -0.05) is 40.2 Å². The SMILES string of the molecule is NNC(c1ccc2c(c1)OCCCO2)c1ccccc1Br. The molecule has 0 spiro atoms. The van der Waals surface area contributed by atoms with E-state index in [0.717, 1.165) is 33.5 Å². The topological polar surface area (TPSA) is 56.5 Å². The molecule has 0 radical (unpaired) electrons. The number of nitrogens with one attached hydrogen (secondary N) is 1. The molecule has 3 rings (SSSR count). The Morgan fingerprint density at radius 3 is 2.57 bits per heavy atom. The molecule has 0 saturated carbocycles. The van der Waals surface area contributed by atoms with E-state index in [1.807, 2.05) is 42.5 Å². The fourth-order valence-electron chi connectivity index (χ4n) is 2.43. The molecule has 21 heavy (non-hydrogen) atoms. The first kappa shape index (κ1) is 14.4. The first-order valence-electron chi connectivity index (χ1n) is 6.89. The van der Waals surface area contributed by atoms with Crippen molar-refractivity contribution in [3.05, 3.63) is 58.1 Å². The highest BCUT2D eigenvalue weighted by Gasteiger charge is 2.18. The van der Waals surface area contributed by atoms with Gasteiger partial charge in [-0.25, -0.2) is 5.43 Å².